The summed E-state index contributed by atoms with van der Waals surface area (Å²) in [7, 11) is 0. The fourth-order valence-corrected chi connectivity index (χ4v) is 3.70. The highest BCUT2D eigenvalue weighted by atomic mass is 16.2. The van der Waals surface area contributed by atoms with E-state index in [-0.39, 0.29) is 23.8 Å². The highest BCUT2D eigenvalue weighted by Gasteiger charge is 2.38. The number of amides is 2. The minimum Gasteiger partial charge on any atom is -0.352 e. The molecule has 1 saturated heterocycles. The van der Waals surface area contributed by atoms with Crippen molar-refractivity contribution in [3.05, 3.63) is 0 Å². The maximum absolute atomic E-state index is 12.4. The Balaban J connectivity index is 1.80. The minimum absolute atomic E-state index is 0.00905. The molecule has 0 bridgehead atoms. The first kappa shape index (κ1) is 17.3. The topological polar surface area (TPSA) is 75.4 Å². The molecule has 0 aromatic heterocycles. The second-order valence-corrected chi connectivity index (χ2v) is 6.95. The number of hydrogen-bond donors (Lipinski definition) is 2. The number of nitrogens with one attached hydrogen (secondary N) is 1. The summed E-state index contributed by atoms with van der Waals surface area (Å²) < 4.78 is 0. The van der Waals surface area contributed by atoms with Crippen molar-refractivity contribution in [3.8, 4) is 0 Å². The van der Waals surface area contributed by atoms with E-state index in [0.717, 1.165) is 64.5 Å². The van der Waals surface area contributed by atoms with Gasteiger partial charge in [-0.25, -0.2) is 0 Å². The number of carbonyl (C=O) groups excluding carboxylic acids is 2. The predicted octanol–water partition coefficient (Wildman–Crippen LogP) is 1.80. The average Bonchev–Trinajstić information content (AvgIpc) is 2.97. The molecule has 2 aliphatic rings. The third-order valence-electron chi connectivity index (χ3n) is 5.42. The number of likely N-dealkylation sites (tertiary alicyclic amines) is 1. The highest BCUT2D eigenvalue weighted by Crippen LogP contribution is 2.28. The van der Waals surface area contributed by atoms with Gasteiger partial charge in [0.15, 0.2) is 0 Å². The van der Waals surface area contributed by atoms with Crippen LogP contribution < -0.4 is 11.1 Å². The van der Waals surface area contributed by atoms with Gasteiger partial charge in [0.25, 0.3) is 0 Å². The van der Waals surface area contributed by atoms with Crippen molar-refractivity contribution in [2.24, 2.45) is 11.7 Å². The Morgan fingerprint density at radius 2 is 1.73 bits per heavy atom. The van der Waals surface area contributed by atoms with Gasteiger partial charge in [-0.05, 0) is 38.5 Å². The molecule has 0 unspecified atom stereocenters. The molecule has 2 amide bonds. The largest absolute Gasteiger partial charge is 0.352 e. The van der Waals surface area contributed by atoms with E-state index in [1.807, 2.05) is 4.90 Å². The van der Waals surface area contributed by atoms with Crippen LogP contribution in [-0.4, -0.2) is 41.4 Å². The van der Waals surface area contributed by atoms with Gasteiger partial charge in [-0.15, -0.1) is 0 Å². The lowest BCUT2D eigenvalue weighted by Crippen LogP contribution is -2.56. The number of hydrogen-bond acceptors (Lipinski definition) is 3. The summed E-state index contributed by atoms with van der Waals surface area (Å²) in [6, 6.07) is 0.166. The number of nitrogens with two attached hydrogens (primary N) is 1. The Morgan fingerprint density at radius 1 is 1.18 bits per heavy atom. The van der Waals surface area contributed by atoms with E-state index in [1.165, 1.54) is 0 Å². The maximum atomic E-state index is 12.4. The molecular formula is C17H31N3O2. The zero-order valence-corrected chi connectivity index (χ0v) is 14.1. The third kappa shape index (κ3) is 3.80. The molecule has 0 radical (unpaired) electrons. The number of piperidine rings is 1. The number of nitrogens with zero attached hydrogens (tertiary/aromatic N) is 1. The molecule has 126 valence electrons. The molecule has 2 fully saturated rings. The van der Waals surface area contributed by atoms with E-state index < -0.39 is 5.54 Å². The van der Waals surface area contributed by atoms with Gasteiger partial charge in [-0.3, -0.25) is 9.59 Å². The van der Waals surface area contributed by atoms with Crippen LogP contribution in [-0.2, 0) is 9.59 Å². The molecule has 1 aliphatic heterocycles. The van der Waals surface area contributed by atoms with Crippen LogP contribution in [0.4, 0.5) is 0 Å². The standard InChI is InChI=1S/C17H31N3O2/c1-3-13(4-2)15(21)20-11-7-14(8-12-20)19-16(22)17(18)9-5-6-10-17/h13-14H,3-12,18H2,1-2H3,(H,19,22). The molecular weight excluding hydrogens is 278 g/mol. The summed E-state index contributed by atoms with van der Waals surface area (Å²) in [6.07, 6.45) is 7.18. The Bertz CT molecular complexity index is 393. The van der Waals surface area contributed by atoms with Crippen molar-refractivity contribution < 1.29 is 9.59 Å². The van der Waals surface area contributed by atoms with Gasteiger partial charge in [-0.1, -0.05) is 26.7 Å². The molecule has 1 saturated carbocycles. The normalized spacial score (nSPS) is 22.1. The monoisotopic (exact) mass is 309 g/mol. The first-order valence-electron chi connectivity index (χ1n) is 8.88. The molecule has 22 heavy (non-hydrogen) atoms. The molecule has 0 atom stereocenters. The Labute approximate surface area is 134 Å². The van der Waals surface area contributed by atoms with E-state index in [4.69, 9.17) is 5.73 Å². The van der Waals surface area contributed by atoms with Crippen LogP contribution in [0.15, 0.2) is 0 Å². The summed E-state index contributed by atoms with van der Waals surface area (Å²) in [5.41, 5.74) is 5.54. The van der Waals surface area contributed by atoms with Gasteiger partial charge in [0.05, 0.1) is 5.54 Å². The Morgan fingerprint density at radius 3 is 2.23 bits per heavy atom. The first-order valence-corrected chi connectivity index (χ1v) is 8.88. The summed E-state index contributed by atoms with van der Waals surface area (Å²) in [5, 5.41) is 3.12. The average molecular weight is 309 g/mol. The Kier molecular flexibility index (Phi) is 5.84. The zero-order chi connectivity index (χ0) is 16.2. The van der Waals surface area contributed by atoms with Crippen LogP contribution in [0.5, 0.6) is 0 Å². The summed E-state index contributed by atoms with van der Waals surface area (Å²) >= 11 is 0. The van der Waals surface area contributed by atoms with Crippen molar-refractivity contribution in [1.29, 1.82) is 0 Å². The van der Waals surface area contributed by atoms with E-state index in [9.17, 15) is 9.59 Å². The van der Waals surface area contributed by atoms with Gasteiger partial charge in [0.1, 0.15) is 0 Å². The van der Waals surface area contributed by atoms with Gasteiger partial charge < -0.3 is 16.0 Å². The van der Waals surface area contributed by atoms with Crippen LogP contribution in [0.25, 0.3) is 0 Å². The quantitative estimate of drug-likeness (QED) is 0.813. The molecule has 0 aromatic carbocycles. The molecule has 0 spiro atoms. The summed E-state index contributed by atoms with van der Waals surface area (Å²) in [5.74, 6) is 0.438. The molecule has 1 aliphatic carbocycles. The van der Waals surface area contributed by atoms with Crippen molar-refractivity contribution in [3.63, 3.8) is 0 Å². The second kappa shape index (κ2) is 7.44. The van der Waals surface area contributed by atoms with Crippen molar-refractivity contribution in [2.75, 3.05) is 13.1 Å². The number of carbonyl (C=O) groups is 2. The SMILES string of the molecule is CCC(CC)C(=O)N1CCC(NC(=O)C2(N)CCCC2)CC1. The van der Waals surface area contributed by atoms with Crippen molar-refractivity contribution >= 4 is 11.8 Å². The minimum atomic E-state index is -0.650. The van der Waals surface area contributed by atoms with Crippen LogP contribution in [0.2, 0.25) is 0 Å². The third-order valence-corrected chi connectivity index (χ3v) is 5.42. The molecule has 5 nitrogen and oxygen atoms in total. The molecule has 5 heteroatoms. The van der Waals surface area contributed by atoms with Gasteiger partial charge in [0.2, 0.25) is 11.8 Å². The molecule has 1 heterocycles. The van der Waals surface area contributed by atoms with Crippen LogP contribution in [0.1, 0.15) is 65.2 Å². The lowest BCUT2D eigenvalue weighted by atomic mass is 9.95. The van der Waals surface area contributed by atoms with E-state index >= 15 is 0 Å². The Hall–Kier alpha value is -1.10. The summed E-state index contributed by atoms with van der Waals surface area (Å²) in [6.45, 7) is 5.64. The van der Waals surface area contributed by atoms with Crippen LogP contribution in [0.3, 0.4) is 0 Å². The molecule has 3 N–H and O–H groups in total. The lowest BCUT2D eigenvalue weighted by Gasteiger charge is -2.35. The predicted molar refractivity (Wildman–Crippen MR) is 87.2 cm³/mol. The van der Waals surface area contributed by atoms with E-state index in [0.29, 0.717) is 0 Å². The van der Waals surface area contributed by atoms with E-state index in [2.05, 4.69) is 19.2 Å². The number of rotatable bonds is 5. The highest BCUT2D eigenvalue weighted by molar-refractivity contribution is 5.86. The zero-order valence-electron chi connectivity index (χ0n) is 14.1. The van der Waals surface area contributed by atoms with Gasteiger partial charge >= 0.3 is 0 Å². The van der Waals surface area contributed by atoms with Crippen molar-refractivity contribution in [1.82, 2.24) is 10.2 Å². The molecule has 2 rings (SSSR count). The van der Waals surface area contributed by atoms with E-state index in [1.54, 1.807) is 0 Å². The summed E-state index contributed by atoms with van der Waals surface area (Å²) in [4.78, 5) is 26.7. The fourth-order valence-electron chi connectivity index (χ4n) is 3.70. The maximum Gasteiger partial charge on any atom is 0.240 e. The van der Waals surface area contributed by atoms with Crippen LogP contribution >= 0.6 is 0 Å². The second-order valence-electron chi connectivity index (χ2n) is 6.95. The lowest BCUT2D eigenvalue weighted by molar-refractivity contribution is -0.137. The fraction of sp³-hybridized carbons (Fsp3) is 0.882. The van der Waals surface area contributed by atoms with Crippen LogP contribution in [0, 0.1) is 5.92 Å². The first-order chi connectivity index (χ1) is 10.5. The molecule has 0 aromatic rings. The van der Waals surface area contributed by atoms with Gasteiger partial charge in [-0.2, -0.15) is 0 Å². The van der Waals surface area contributed by atoms with Gasteiger partial charge in [0, 0.05) is 25.0 Å². The van der Waals surface area contributed by atoms with Crippen molar-refractivity contribution in [2.45, 2.75) is 76.8 Å². The smallest absolute Gasteiger partial charge is 0.240 e.